The average molecular weight is 1840 g/mol. The predicted molar refractivity (Wildman–Crippen MR) is 518 cm³/mol. The Morgan fingerprint density at radius 1 is 0.351 bits per heavy atom. The monoisotopic (exact) mass is 1840 g/mol. The van der Waals surface area contributed by atoms with Crippen LogP contribution in [0.3, 0.4) is 0 Å². The Bertz CT molecular complexity index is 6680. The Morgan fingerprint density at radius 3 is 0.940 bits per heavy atom. The molecule has 0 bridgehead atoms. The van der Waals surface area contributed by atoms with Crippen LogP contribution in [-0.4, -0.2) is 93.7 Å². The molecule has 16 aromatic rings. The topological polar surface area (TPSA) is 388 Å². The summed E-state index contributed by atoms with van der Waals surface area (Å²) in [5.41, 5.74) is 45.1. The first-order valence-electron chi connectivity index (χ1n) is 42.5. The summed E-state index contributed by atoms with van der Waals surface area (Å²) >= 11 is 2.65. The molecule has 0 radical (unpaired) electrons. The number of hydrogen-bond donors (Lipinski definition) is 6. The van der Waals surface area contributed by atoms with Gasteiger partial charge in [-0.05, 0) is 227 Å². The van der Waals surface area contributed by atoms with Gasteiger partial charge in [0, 0.05) is 116 Å². The third-order valence-electron chi connectivity index (χ3n) is 21.6. The van der Waals surface area contributed by atoms with Gasteiger partial charge in [0.15, 0.2) is 0 Å². The number of nitrogens with two attached hydrogens (primary N) is 4. The van der Waals surface area contributed by atoms with Gasteiger partial charge in [0.25, 0.3) is 0 Å². The molecule has 0 amide bonds. The summed E-state index contributed by atoms with van der Waals surface area (Å²) in [6.07, 6.45) is 10.4. The molecule has 0 aliphatic rings. The van der Waals surface area contributed by atoms with Crippen molar-refractivity contribution in [3.8, 4) is 90.5 Å². The minimum atomic E-state index is -0.920. The Hall–Kier alpha value is -13.8. The molecule has 12 aromatic carbocycles. The van der Waals surface area contributed by atoms with E-state index >= 15 is 0 Å². The molecule has 11 N–H and O–H groups in total. The Kier molecular flexibility index (Phi) is 36.9. The zero-order chi connectivity index (χ0) is 93.2. The van der Waals surface area contributed by atoms with Crippen molar-refractivity contribution in [3.63, 3.8) is 0 Å². The van der Waals surface area contributed by atoms with Crippen LogP contribution in [0.1, 0.15) is 91.1 Å². The molecule has 0 saturated heterocycles. The van der Waals surface area contributed by atoms with E-state index in [1.165, 1.54) is 23.5 Å². The molecule has 28 heteroatoms. The number of rotatable bonds is 36. The number of benzene rings is 12. The minimum Gasteiger partial charge on any atom is -0.870 e. The van der Waals surface area contributed by atoms with Gasteiger partial charge in [-0.25, -0.2) is 0 Å². The third kappa shape index (κ3) is 25.5. The first kappa shape index (κ1) is 101. The predicted octanol–water partition coefficient (Wildman–Crippen LogP) is 18.6. The zero-order valence-electron chi connectivity index (χ0n) is 75.9. The Balaban J connectivity index is 0.000000171. The van der Waals surface area contributed by atoms with Crippen molar-refractivity contribution in [2.45, 2.75) is 89.8 Å². The summed E-state index contributed by atoms with van der Waals surface area (Å²) in [7, 11) is 6.32. The SMILES string of the molecule is CCOC(=O)C(SC)c1ccc(OC)cc1OCc1cc(-c2cccc(CN)c2)c2occc2c1.CCOC(=O)Cc1ccc(OC)cc1OCc1cc(-c2cccc(CN)c2)c2occc2c1.COc1ccc(C(SC)C(=O)O)c(OCc2cc(-c3cccc(CN)c3)c3occc3c2)c1.COc1ccc(CC(=O)O)c(OCc2cc(-c3cccc(CN)c3)c3occc3c2)c1.[Li+].[OH-]. The molecule has 2 unspecified atom stereocenters. The quantitative estimate of drug-likeness (QED) is 0.0157. The van der Waals surface area contributed by atoms with Crippen molar-refractivity contribution < 1.29 is 119 Å². The van der Waals surface area contributed by atoms with Crippen molar-refractivity contribution >= 4 is 91.3 Å². The number of methoxy groups -OCH3 is 4. The number of carbonyl (C=O) groups is 4. The van der Waals surface area contributed by atoms with Crippen LogP contribution in [-0.2, 0) is 94.1 Å². The molecule has 0 fully saturated rings. The number of hydrogen-bond acceptors (Lipinski definition) is 25. The van der Waals surface area contributed by atoms with Crippen molar-refractivity contribution in [2.75, 3.05) is 54.2 Å². The van der Waals surface area contributed by atoms with Gasteiger partial charge in [0.1, 0.15) is 105 Å². The molecule has 4 heterocycles. The van der Waals surface area contributed by atoms with E-state index < -0.39 is 22.4 Å². The molecule has 25 nitrogen and oxygen atoms in total. The molecule has 16 rings (SSSR count). The zero-order valence-corrected chi connectivity index (χ0v) is 77.5. The van der Waals surface area contributed by atoms with Gasteiger partial charge < -0.3 is 104 Å². The van der Waals surface area contributed by atoms with E-state index in [4.69, 9.17) is 88.0 Å². The summed E-state index contributed by atoms with van der Waals surface area (Å²) < 4.78 is 79.4. The third-order valence-corrected chi connectivity index (χ3v) is 23.5. The van der Waals surface area contributed by atoms with E-state index in [9.17, 15) is 29.4 Å². The maximum atomic E-state index is 12.6. The smallest absolute Gasteiger partial charge is 0.870 e. The number of aliphatic carboxylic acids is 2. The van der Waals surface area contributed by atoms with E-state index in [1.54, 1.807) is 122 Å². The Labute approximate surface area is 796 Å². The van der Waals surface area contributed by atoms with Gasteiger partial charge in [-0.3, -0.25) is 19.2 Å². The summed E-state index contributed by atoms with van der Waals surface area (Å²) in [5.74, 6) is 2.21. The van der Waals surface area contributed by atoms with Crippen molar-refractivity contribution in [1.29, 1.82) is 0 Å². The number of ether oxygens (including phenoxy) is 10. The van der Waals surface area contributed by atoms with Gasteiger partial charge in [-0.1, -0.05) is 84.9 Å². The fourth-order valence-corrected chi connectivity index (χ4v) is 16.5. The number of fused-ring (bicyclic) bond motifs is 4. The number of thioether (sulfide) groups is 2. The molecular weight excluding hydrogens is 1740 g/mol. The molecule has 0 spiro atoms. The fourth-order valence-electron chi connectivity index (χ4n) is 15.2. The summed E-state index contributed by atoms with van der Waals surface area (Å²) in [6.45, 7) is 7.23. The van der Waals surface area contributed by atoms with Crippen LogP contribution in [0.15, 0.2) is 285 Å². The molecule has 0 aliphatic heterocycles. The second-order valence-electron chi connectivity index (χ2n) is 30.3. The molecule has 688 valence electrons. The van der Waals surface area contributed by atoms with Crippen LogP contribution in [0.4, 0.5) is 0 Å². The number of carboxylic acid groups (broad SMARTS) is 2. The number of carboxylic acids is 2. The van der Waals surface area contributed by atoms with Crippen LogP contribution in [0.25, 0.3) is 88.4 Å². The average Bonchev–Trinajstić information content (AvgIpc) is 1.72. The first-order chi connectivity index (χ1) is 64.3. The van der Waals surface area contributed by atoms with E-state index in [0.29, 0.717) is 110 Å². The Morgan fingerprint density at radius 2 is 0.649 bits per heavy atom. The largest absolute Gasteiger partial charge is 1.00 e. The van der Waals surface area contributed by atoms with E-state index in [-0.39, 0.29) is 62.3 Å². The molecular formula is C106H105LiN4O21S2. The van der Waals surface area contributed by atoms with E-state index in [2.05, 4.69) is 36.4 Å². The van der Waals surface area contributed by atoms with Gasteiger partial charge in [-0.2, -0.15) is 0 Å². The van der Waals surface area contributed by atoms with Gasteiger partial charge in [0.2, 0.25) is 0 Å². The molecule has 2 atom stereocenters. The summed E-state index contributed by atoms with van der Waals surface area (Å²) in [6, 6.07) is 77.6. The van der Waals surface area contributed by atoms with E-state index in [0.717, 1.165) is 144 Å². The maximum Gasteiger partial charge on any atom is 1.00 e. The van der Waals surface area contributed by atoms with E-state index in [1.807, 2.05) is 164 Å². The van der Waals surface area contributed by atoms with Crippen LogP contribution >= 0.6 is 23.5 Å². The van der Waals surface area contributed by atoms with Crippen molar-refractivity contribution in [2.24, 2.45) is 22.9 Å². The summed E-state index contributed by atoms with van der Waals surface area (Å²) in [5, 5.41) is 21.5. The molecule has 0 saturated carbocycles. The van der Waals surface area contributed by atoms with Gasteiger partial charge in [0.05, 0.1) is 79.5 Å². The second kappa shape index (κ2) is 49.1. The maximum absolute atomic E-state index is 12.6. The molecule has 134 heavy (non-hydrogen) atoms. The summed E-state index contributed by atoms with van der Waals surface area (Å²) in [4.78, 5) is 47.6. The van der Waals surface area contributed by atoms with Crippen molar-refractivity contribution in [3.05, 3.63) is 334 Å². The van der Waals surface area contributed by atoms with Gasteiger partial charge in [-0.15, -0.1) is 23.5 Å². The number of esters is 2. The standard InChI is InChI=1S/C28H29NO5S.C27H27NO5.C26H25NO5S.C25H23NO5.Li.H2O/c1-4-32-28(30)27(35-3)23-9-8-22(31-2)15-25(23)34-17-19-13-21-10-11-33-26(21)24(14-19)20-7-5-6-18(12-20)16-29;1-3-31-26(29)14-21-7-8-23(30-2)15-25(21)33-17-19-12-22-9-10-32-27(22)24(13-19)20-6-4-5-18(11-20)16-28;1-30-20-6-7-21(25(33-2)26(28)29)23(13-20)32-15-17-11-19-8-9-31-24(19)22(12-17)18-5-3-4-16(10-18)14-27;1-29-21-6-5-19(12-24(27)28)23(13-21)31-15-17-10-20-7-8-30-25(20)22(11-17)18-4-2-3-16(9-18)14-26;;/h5-15,27H,4,16-17,29H2,1-3H3;4-13,15H,3,14,16-17,28H2,1-2H3;3-13,25H,14-15,27H2,1-2H3,(H,28,29);2-11,13H,12,14-15,26H2,1H3,(H,27,28);;1H2/q;;;;+1;/p-1. The van der Waals surface area contributed by atoms with Crippen LogP contribution in [0.2, 0.25) is 0 Å². The molecule has 4 aromatic heterocycles. The fraction of sp³-hybridized carbons (Fsp3) is 0.208. The van der Waals surface area contributed by atoms with Crippen molar-refractivity contribution in [1.82, 2.24) is 0 Å². The molecule has 0 aliphatic carbocycles. The second-order valence-corrected chi connectivity index (χ2v) is 32.2. The van der Waals surface area contributed by atoms with Crippen LogP contribution in [0, 0.1) is 0 Å². The van der Waals surface area contributed by atoms with Crippen LogP contribution in [0.5, 0.6) is 46.0 Å². The van der Waals surface area contributed by atoms with Crippen LogP contribution < -0.4 is 79.7 Å². The normalized spacial score (nSPS) is 11.3. The number of carbonyl (C=O) groups excluding carboxylic acids is 2. The number of furan rings is 4. The van der Waals surface area contributed by atoms with Gasteiger partial charge >= 0.3 is 42.7 Å². The minimum absolute atomic E-state index is 0. The first-order valence-corrected chi connectivity index (χ1v) is 45.1.